The van der Waals surface area contributed by atoms with Gasteiger partial charge in [-0.05, 0) is 42.0 Å². The Hall–Kier alpha value is -3.19. The van der Waals surface area contributed by atoms with E-state index in [0.717, 1.165) is 27.7 Å². The molecule has 1 aromatic heterocycles. The van der Waals surface area contributed by atoms with Gasteiger partial charge in [0.25, 0.3) is 0 Å². The zero-order valence-corrected chi connectivity index (χ0v) is 16.8. The minimum absolute atomic E-state index is 0.0246. The Morgan fingerprint density at radius 2 is 1.83 bits per heavy atom. The average Bonchev–Trinajstić information content (AvgIpc) is 3.22. The summed E-state index contributed by atoms with van der Waals surface area (Å²) < 4.78 is 7.20. The third-order valence-electron chi connectivity index (χ3n) is 4.74. The molecule has 2 aromatic carbocycles. The van der Waals surface area contributed by atoms with Crippen molar-refractivity contribution in [3.63, 3.8) is 0 Å². The summed E-state index contributed by atoms with van der Waals surface area (Å²) in [6, 6.07) is 19.1. The molecule has 0 radical (unpaired) electrons. The van der Waals surface area contributed by atoms with Crippen molar-refractivity contribution >= 4 is 29.3 Å². The fourth-order valence-corrected chi connectivity index (χ4v) is 4.14. The van der Waals surface area contributed by atoms with E-state index in [4.69, 9.17) is 4.74 Å². The maximum atomic E-state index is 12.8. The molecule has 0 unspecified atom stereocenters. The number of benzene rings is 2. The van der Waals surface area contributed by atoms with Gasteiger partial charge in [0, 0.05) is 12.7 Å². The van der Waals surface area contributed by atoms with Crippen molar-refractivity contribution in [1.82, 2.24) is 9.88 Å². The van der Waals surface area contributed by atoms with Crippen molar-refractivity contribution in [2.24, 2.45) is 0 Å². The molecular formula is C22H21N3O3S. The summed E-state index contributed by atoms with van der Waals surface area (Å²) in [7, 11) is 1.62. The van der Waals surface area contributed by atoms with Gasteiger partial charge in [0.15, 0.2) is 0 Å². The van der Waals surface area contributed by atoms with Crippen LogP contribution in [0.15, 0.2) is 71.9 Å². The van der Waals surface area contributed by atoms with Gasteiger partial charge < -0.3 is 19.5 Å². The van der Waals surface area contributed by atoms with Crippen LogP contribution in [0, 0.1) is 0 Å². The van der Waals surface area contributed by atoms with E-state index in [1.54, 1.807) is 12.0 Å². The van der Waals surface area contributed by atoms with E-state index in [1.165, 1.54) is 11.8 Å². The highest BCUT2D eigenvalue weighted by atomic mass is 32.2. The van der Waals surface area contributed by atoms with E-state index >= 15 is 0 Å². The summed E-state index contributed by atoms with van der Waals surface area (Å²) in [4.78, 5) is 27.0. The first-order valence-electron chi connectivity index (χ1n) is 9.25. The molecule has 0 fully saturated rings. The lowest BCUT2D eigenvalue weighted by molar-refractivity contribution is -0.123. The average molecular weight is 407 g/mol. The van der Waals surface area contributed by atoms with Crippen LogP contribution in [-0.2, 0) is 16.1 Å². The van der Waals surface area contributed by atoms with E-state index in [9.17, 15) is 9.59 Å². The lowest BCUT2D eigenvalue weighted by Crippen LogP contribution is -2.42. The Balaban J connectivity index is 1.51. The second-order valence-electron chi connectivity index (χ2n) is 6.60. The van der Waals surface area contributed by atoms with Gasteiger partial charge in [-0.1, -0.05) is 36.0 Å². The number of aromatic nitrogens is 1. The number of fused-ring (bicyclic) bond motifs is 3. The normalized spacial score (nSPS) is 13.1. The van der Waals surface area contributed by atoms with Crippen molar-refractivity contribution in [2.45, 2.75) is 11.6 Å². The maximum absolute atomic E-state index is 12.8. The number of para-hydroxylation sites is 2. The predicted octanol–water partition coefficient (Wildman–Crippen LogP) is 3.24. The highest BCUT2D eigenvalue weighted by Gasteiger charge is 2.25. The molecular weight excluding hydrogens is 386 g/mol. The number of anilines is 1. The zero-order chi connectivity index (χ0) is 20.2. The molecule has 0 bridgehead atoms. The third-order valence-corrected chi connectivity index (χ3v) is 5.76. The Morgan fingerprint density at radius 1 is 1.07 bits per heavy atom. The molecule has 1 aliphatic heterocycles. The van der Waals surface area contributed by atoms with Gasteiger partial charge >= 0.3 is 0 Å². The fraction of sp³-hybridized carbons (Fsp3) is 0.182. The first-order chi connectivity index (χ1) is 14.2. The van der Waals surface area contributed by atoms with Gasteiger partial charge in [0.2, 0.25) is 11.8 Å². The first kappa shape index (κ1) is 19.1. The van der Waals surface area contributed by atoms with Crippen LogP contribution in [0.5, 0.6) is 5.75 Å². The summed E-state index contributed by atoms with van der Waals surface area (Å²) in [5.41, 5.74) is 2.58. The lowest BCUT2D eigenvalue weighted by Gasteiger charge is -2.27. The molecule has 2 heterocycles. The number of thioether (sulfide) groups is 1. The molecule has 0 saturated heterocycles. The SMILES string of the molecule is COc1ccc(CNC(=O)CN2C(=O)CSc3cccn3-c3ccccc32)cc1. The highest BCUT2D eigenvalue weighted by molar-refractivity contribution is 7.99. The van der Waals surface area contributed by atoms with Crippen molar-refractivity contribution in [1.29, 1.82) is 0 Å². The van der Waals surface area contributed by atoms with Crippen molar-refractivity contribution in [3.8, 4) is 11.4 Å². The number of ether oxygens (including phenoxy) is 1. The van der Waals surface area contributed by atoms with E-state index in [2.05, 4.69) is 9.88 Å². The van der Waals surface area contributed by atoms with Gasteiger partial charge in [-0.2, -0.15) is 0 Å². The molecule has 7 heteroatoms. The van der Waals surface area contributed by atoms with Crippen LogP contribution in [0.2, 0.25) is 0 Å². The quantitative estimate of drug-likeness (QED) is 0.705. The summed E-state index contributed by atoms with van der Waals surface area (Å²) in [6.07, 6.45) is 1.97. The van der Waals surface area contributed by atoms with Crippen molar-refractivity contribution in [3.05, 3.63) is 72.4 Å². The summed E-state index contributed by atoms with van der Waals surface area (Å²) >= 11 is 1.47. The second-order valence-corrected chi connectivity index (χ2v) is 7.59. The van der Waals surface area contributed by atoms with Crippen LogP contribution in [-0.4, -0.2) is 35.8 Å². The molecule has 0 spiro atoms. The number of hydrogen-bond acceptors (Lipinski definition) is 4. The Labute approximate surface area is 173 Å². The molecule has 4 rings (SSSR count). The molecule has 2 amide bonds. The van der Waals surface area contributed by atoms with Crippen LogP contribution in [0.3, 0.4) is 0 Å². The van der Waals surface area contributed by atoms with Gasteiger partial charge in [-0.3, -0.25) is 9.59 Å². The van der Waals surface area contributed by atoms with Crippen molar-refractivity contribution in [2.75, 3.05) is 24.3 Å². The number of methoxy groups -OCH3 is 1. The van der Waals surface area contributed by atoms with E-state index in [-0.39, 0.29) is 24.1 Å². The Morgan fingerprint density at radius 3 is 2.59 bits per heavy atom. The monoisotopic (exact) mass is 407 g/mol. The van der Waals surface area contributed by atoms with E-state index in [1.807, 2.05) is 66.9 Å². The van der Waals surface area contributed by atoms with Crippen LogP contribution in [0.1, 0.15) is 5.56 Å². The number of hydrogen-bond donors (Lipinski definition) is 1. The van der Waals surface area contributed by atoms with Crippen molar-refractivity contribution < 1.29 is 14.3 Å². The number of carbonyl (C=O) groups is 2. The Bertz CT molecular complexity index is 1030. The molecule has 1 N–H and O–H groups in total. The molecule has 148 valence electrons. The van der Waals surface area contributed by atoms with Gasteiger partial charge in [0.05, 0.1) is 29.3 Å². The zero-order valence-electron chi connectivity index (χ0n) is 16.0. The largest absolute Gasteiger partial charge is 0.497 e. The van der Waals surface area contributed by atoms with Crippen LogP contribution >= 0.6 is 11.8 Å². The minimum atomic E-state index is -0.206. The molecule has 1 aliphatic rings. The van der Waals surface area contributed by atoms with Gasteiger partial charge in [0.1, 0.15) is 12.3 Å². The van der Waals surface area contributed by atoms with E-state index < -0.39 is 0 Å². The van der Waals surface area contributed by atoms with Crippen LogP contribution in [0.4, 0.5) is 5.69 Å². The first-order valence-corrected chi connectivity index (χ1v) is 10.2. The number of rotatable bonds is 5. The van der Waals surface area contributed by atoms with Gasteiger partial charge in [-0.15, -0.1) is 0 Å². The summed E-state index contributed by atoms with van der Waals surface area (Å²) in [5, 5.41) is 3.91. The molecule has 0 atom stereocenters. The number of carbonyl (C=O) groups excluding carboxylic acids is 2. The second kappa shape index (κ2) is 8.45. The van der Waals surface area contributed by atoms with Crippen LogP contribution < -0.4 is 15.0 Å². The highest BCUT2D eigenvalue weighted by Crippen LogP contribution is 2.32. The molecule has 0 aliphatic carbocycles. The molecule has 6 nitrogen and oxygen atoms in total. The van der Waals surface area contributed by atoms with Crippen LogP contribution in [0.25, 0.3) is 5.69 Å². The Kier molecular flexibility index (Phi) is 5.57. The number of nitrogens with one attached hydrogen (secondary N) is 1. The summed E-state index contributed by atoms with van der Waals surface area (Å²) in [5.74, 6) is 0.756. The minimum Gasteiger partial charge on any atom is -0.497 e. The number of amides is 2. The van der Waals surface area contributed by atoms with E-state index in [0.29, 0.717) is 6.54 Å². The number of nitrogens with zero attached hydrogens (tertiary/aromatic N) is 2. The summed E-state index contributed by atoms with van der Waals surface area (Å²) in [6.45, 7) is 0.367. The standard InChI is InChI=1S/C22H21N3O3S/c1-28-17-10-8-16(9-11-17)13-23-20(26)14-25-19-6-3-2-5-18(19)24-12-4-7-22(24)29-15-21(25)27/h2-12H,13-15H2,1H3,(H,23,26). The molecule has 0 saturated carbocycles. The predicted molar refractivity (Wildman–Crippen MR) is 114 cm³/mol. The van der Waals surface area contributed by atoms with Gasteiger partial charge in [-0.25, -0.2) is 0 Å². The smallest absolute Gasteiger partial charge is 0.240 e. The fourth-order valence-electron chi connectivity index (χ4n) is 3.24. The topological polar surface area (TPSA) is 63.6 Å². The molecule has 29 heavy (non-hydrogen) atoms. The maximum Gasteiger partial charge on any atom is 0.240 e. The molecule has 3 aromatic rings. The lowest BCUT2D eigenvalue weighted by atomic mass is 10.2. The third kappa shape index (κ3) is 4.14.